The highest BCUT2D eigenvalue weighted by Crippen LogP contribution is 2.25. The standard InChI is InChI=1S/C8H14N2/c1-3-9-7-5-6-8(7)10-4-2/h3-4,7-8H,5-6H2,1-2H3/t7-,8-/m0/s1. The Bertz CT molecular complexity index is 131. The lowest BCUT2D eigenvalue weighted by atomic mass is 9.87. The minimum Gasteiger partial charge on any atom is -0.292 e. The average Bonchev–Trinajstić information content (AvgIpc) is 1.93. The van der Waals surface area contributed by atoms with Crippen LogP contribution in [0.3, 0.4) is 0 Å². The molecule has 56 valence electrons. The van der Waals surface area contributed by atoms with Crippen LogP contribution in [0.1, 0.15) is 26.7 Å². The van der Waals surface area contributed by atoms with Gasteiger partial charge in [0.15, 0.2) is 0 Å². The molecular weight excluding hydrogens is 124 g/mol. The molecule has 1 fully saturated rings. The molecule has 1 rings (SSSR count). The summed E-state index contributed by atoms with van der Waals surface area (Å²) in [6.45, 7) is 3.93. The van der Waals surface area contributed by atoms with Crippen molar-refractivity contribution < 1.29 is 0 Å². The first-order chi connectivity index (χ1) is 4.88. The van der Waals surface area contributed by atoms with E-state index in [2.05, 4.69) is 9.98 Å². The summed E-state index contributed by atoms with van der Waals surface area (Å²) < 4.78 is 0. The average molecular weight is 138 g/mol. The summed E-state index contributed by atoms with van der Waals surface area (Å²) >= 11 is 0. The van der Waals surface area contributed by atoms with Crippen LogP contribution < -0.4 is 0 Å². The van der Waals surface area contributed by atoms with Crippen molar-refractivity contribution in [3.05, 3.63) is 0 Å². The largest absolute Gasteiger partial charge is 0.292 e. The number of hydrogen-bond donors (Lipinski definition) is 0. The molecule has 2 heteroatoms. The Morgan fingerprint density at radius 2 is 1.40 bits per heavy atom. The summed E-state index contributed by atoms with van der Waals surface area (Å²) in [5.74, 6) is 0. The Labute approximate surface area is 62.1 Å². The Hall–Kier alpha value is -0.660. The third kappa shape index (κ3) is 1.43. The van der Waals surface area contributed by atoms with Crippen molar-refractivity contribution in [1.82, 2.24) is 0 Å². The monoisotopic (exact) mass is 138 g/mol. The van der Waals surface area contributed by atoms with Crippen LogP contribution in [0.25, 0.3) is 0 Å². The van der Waals surface area contributed by atoms with Crippen molar-refractivity contribution in [2.45, 2.75) is 38.8 Å². The molecule has 0 heterocycles. The molecular formula is C8H14N2. The van der Waals surface area contributed by atoms with Gasteiger partial charge in [0.05, 0.1) is 12.1 Å². The van der Waals surface area contributed by atoms with E-state index in [1.54, 1.807) is 0 Å². The van der Waals surface area contributed by atoms with Crippen LogP contribution in [-0.2, 0) is 0 Å². The molecule has 0 amide bonds. The van der Waals surface area contributed by atoms with Gasteiger partial charge in [0.1, 0.15) is 0 Å². The van der Waals surface area contributed by atoms with Crippen molar-refractivity contribution in [2.75, 3.05) is 0 Å². The molecule has 10 heavy (non-hydrogen) atoms. The van der Waals surface area contributed by atoms with Gasteiger partial charge in [-0.15, -0.1) is 0 Å². The van der Waals surface area contributed by atoms with Gasteiger partial charge in [-0.25, -0.2) is 0 Å². The van der Waals surface area contributed by atoms with Gasteiger partial charge in [0.2, 0.25) is 0 Å². The van der Waals surface area contributed by atoms with E-state index in [4.69, 9.17) is 0 Å². The number of nitrogens with zero attached hydrogens (tertiary/aromatic N) is 2. The molecule has 2 atom stereocenters. The summed E-state index contributed by atoms with van der Waals surface area (Å²) in [5, 5.41) is 0. The third-order valence-electron chi connectivity index (χ3n) is 1.88. The predicted molar refractivity (Wildman–Crippen MR) is 45.1 cm³/mol. The lowest BCUT2D eigenvalue weighted by molar-refractivity contribution is 0.353. The van der Waals surface area contributed by atoms with Crippen LogP contribution in [0.5, 0.6) is 0 Å². The fourth-order valence-corrected chi connectivity index (χ4v) is 1.20. The Morgan fingerprint density at radius 3 is 1.60 bits per heavy atom. The number of rotatable bonds is 2. The van der Waals surface area contributed by atoms with Crippen LogP contribution in [0, 0.1) is 0 Å². The smallest absolute Gasteiger partial charge is 0.0719 e. The van der Waals surface area contributed by atoms with E-state index in [0.29, 0.717) is 12.1 Å². The molecule has 0 saturated heterocycles. The molecule has 0 aromatic rings. The van der Waals surface area contributed by atoms with Gasteiger partial charge < -0.3 is 0 Å². The molecule has 2 nitrogen and oxygen atoms in total. The Morgan fingerprint density at radius 1 is 1.00 bits per heavy atom. The van der Waals surface area contributed by atoms with Gasteiger partial charge in [-0.3, -0.25) is 9.98 Å². The zero-order valence-corrected chi connectivity index (χ0v) is 6.62. The first-order valence-electron chi connectivity index (χ1n) is 3.84. The predicted octanol–water partition coefficient (Wildman–Crippen LogP) is 1.70. The molecule has 0 aromatic carbocycles. The lowest BCUT2D eigenvalue weighted by Crippen LogP contribution is -2.33. The summed E-state index contributed by atoms with van der Waals surface area (Å²) in [6.07, 6.45) is 6.18. The zero-order valence-electron chi connectivity index (χ0n) is 6.62. The fraction of sp³-hybridized carbons (Fsp3) is 0.750. The minimum absolute atomic E-state index is 0.487. The minimum atomic E-state index is 0.487. The lowest BCUT2D eigenvalue weighted by Gasteiger charge is -2.29. The zero-order chi connectivity index (χ0) is 7.40. The molecule has 0 N–H and O–H groups in total. The van der Waals surface area contributed by atoms with Crippen LogP contribution in [0.15, 0.2) is 9.98 Å². The van der Waals surface area contributed by atoms with E-state index in [1.165, 1.54) is 12.8 Å². The van der Waals surface area contributed by atoms with E-state index >= 15 is 0 Å². The van der Waals surface area contributed by atoms with E-state index in [9.17, 15) is 0 Å². The van der Waals surface area contributed by atoms with Crippen molar-refractivity contribution in [2.24, 2.45) is 9.98 Å². The maximum atomic E-state index is 4.29. The van der Waals surface area contributed by atoms with Gasteiger partial charge >= 0.3 is 0 Å². The second kappa shape index (κ2) is 3.49. The second-order valence-corrected chi connectivity index (χ2v) is 2.53. The fourth-order valence-electron chi connectivity index (χ4n) is 1.20. The first-order valence-corrected chi connectivity index (χ1v) is 3.84. The molecule has 0 bridgehead atoms. The first kappa shape index (κ1) is 7.45. The maximum absolute atomic E-state index is 4.29. The molecule has 0 aromatic heterocycles. The van der Waals surface area contributed by atoms with Gasteiger partial charge in [-0.1, -0.05) is 0 Å². The second-order valence-electron chi connectivity index (χ2n) is 2.53. The van der Waals surface area contributed by atoms with Crippen molar-refractivity contribution in [3.63, 3.8) is 0 Å². The van der Waals surface area contributed by atoms with Crippen molar-refractivity contribution in [1.29, 1.82) is 0 Å². The van der Waals surface area contributed by atoms with Crippen LogP contribution in [0.2, 0.25) is 0 Å². The Balaban J connectivity index is 2.35. The van der Waals surface area contributed by atoms with E-state index in [-0.39, 0.29) is 0 Å². The van der Waals surface area contributed by atoms with Gasteiger partial charge in [0.25, 0.3) is 0 Å². The molecule has 1 aliphatic carbocycles. The van der Waals surface area contributed by atoms with Gasteiger partial charge in [-0.2, -0.15) is 0 Å². The Kier molecular flexibility index (Phi) is 2.60. The highest BCUT2D eigenvalue weighted by atomic mass is 14.9. The molecule has 1 saturated carbocycles. The van der Waals surface area contributed by atoms with Gasteiger partial charge in [0, 0.05) is 0 Å². The van der Waals surface area contributed by atoms with Crippen molar-refractivity contribution in [3.8, 4) is 0 Å². The summed E-state index contributed by atoms with van der Waals surface area (Å²) in [6, 6.07) is 0.974. The van der Waals surface area contributed by atoms with Gasteiger partial charge in [-0.05, 0) is 39.1 Å². The van der Waals surface area contributed by atoms with Crippen LogP contribution in [-0.4, -0.2) is 24.5 Å². The molecule has 0 aliphatic heterocycles. The summed E-state index contributed by atoms with van der Waals surface area (Å²) in [7, 11) is 0. The topological polar surface area (TPSA) is 24.7 Å². The quantitative estimate of drug-likeness (QED) is 0.519. The molecule has 0 unspecified atom stereocenters. The number of aliphatic imine (C=N–C) groups is 2. The van der Waals surface area contributed by atoms with E-state index < -0.39 is 0 Å². The molecule has 1 aliphatic rings. The van der Waals surface area contributed by atoms with E-state index in [0.717, 1.165) is 0 Å². The number of hydrogen-bond acceptors (Lipinski definition) is 2. The van der Waals surface area contributed by atoms with Crippen molar-refractivity contribution >= 4 is 12.4 Å². The summed E-state index contributed by atoms with van der Waals surface area (Å²) in [4.78, 5) is 8.58. The normalized spacial score (nSPS) is 33.4. The van der Waals surface area contributed by atoms with Crippen LogP contribution in [0.4, 0.5) is 0 Å². The molecule has 0 spiro atoms. The summed E-state index contributed by atoms with van der Waals surface area (Å²) in [5.41, 5.74) is 0. The van der Waals surface area contributed by atoms with Crippen LogP contribution >= 0.6 is 0 Å². The highest BCUT2D eigenvalue weighted by Gasteiger charge is 2.28. The molecule has 0 radical (unpaired) electrons. The highest BCUT2D eigenvalue weighted by molar-refractivity contribution is 5.55. The SMILES string of the molecule is CC=N[C@H]1CC[C@@H]1N=CC. The maximum Gasteiger partial charge on any atom is 0.0719 e. The third-order valence-corrected chi connectivity index (χ3v) is 1.88. The van der Waals surface area contributed by atoms with E-state index in [1.807, 2.05) is 26.3 Å².